The molecule has 90 valence electrons. The summed E-state index contributed by atoms with van der Waals surface area (Å²) in [6, 6.07) is 5.76. The topological polar surface area (TPSA) is 50.2 Å². The lowest BCUT2D eigenvalue weighted by Crippen LogP contribution is -2.22. The average Bonchev–Trinajstić information content (AvgIpc) is 2.77. The number of aromatic nitrogens is 1. The Hall–Kier alpha value is -1.30. The molecule has 5 heteroatoms. The van der Waals surface area contributed by atoms with E-state index in [0.717, 1.165) is 14.7 Å². The maximum Gasteiger partial charge on any atom is 0.178 e. The summed E-state index contributed by atoms with van der Waals surface area (Å²) < 4.78 is 1.97. The maximum atomic E-state index is 11.1. The normalized spacial score (nSPS) is 17.6. The Labute approximate surface area is 116 Å². The van der Waals surface area contributed by atoms with Gasteiger partial charge >= 0.3 is 0 Å². The van der Waals surface area contributed by atoms with Crippen LogP contribution in [0.2, 0.25) is 0 Å². The van der Waals surface area contributed by atoms with Crippen LogP contribution >= 0.6 is 27.3 Å². The first-order valence-electron chi connectivity index (χ1n) is 5.28. The molecular formula is C13H8BrNO2S. The van der Waals surface area contributed by atoms with E-state index in [1.165, 1.54) is 35.6 Å². The number of halogens is 1. The second-order valence-electron chi connectivity index (χ2n) is 4.03. The number of aliphatic hydroxyl groups is 1. The fraction of sp³-hybridized carbons (Fsp3) is 0.0769. The Morgan fingerprint density at radius 1 is 1.28 bits per heavy atom. The second kappa shape index (κ2) is 4.12. The molecule has 3 nitrogen and oxygen atoms in total. The third-order valence-corrected chi connectivity index (χ3v) is 4.35. The summed E-state index contributed by atoms with van der Waals surface area (Å²) in [4.78, 5) is 15.5. The molecule has 0 radical (unpaired) electrons. The molecule has 1 N–H and O–H groups in total. The van der Waals surface area contributed by atoms with Crippen LogP contribution in [0, 0.1) is 0 Å². The lowest BCUT2D eigenvalue weighted by molar-refractivity contribution is -0.110. The minimum absolute atomic E-state index is 0.122. The second-order valence-corrected chi connectivity index (χ2v) is 5.97. The highest BCUT2D eigenvalue weighted by molar-refractivity contribution is 9.10. The Bertz CT molecular complexity index is 686. The summed E-state index contributed by atoms with van der Waals surface area (Å²) in [7, 11) is 0. The SMILES string of the molecule is O=C1C=CC(O)(c2nc3ccc(Br)cc3s2)C=C1. The van der Waals surface area contributed by atoms with Gasteiger partial charge in [0.15, 0.2) is 11.4 Å². The fourth-order valence-electron chi connectivity index (χ4n) is 1.74. The Kier molecular flexibility index (Phi) is 2.69. The third kappa shape index (κ3) is 1.94. The van der Waals surface area contributed by atoms with E-state index in [1.54, 1.807) is 0 Å². The van der Waals surface area contributed by atoms with Crippen LogP contribution in [-0.2, 0) is 10.4 Å². The molecular weight excluding hydrogens is 314 g/mol. The number of carbonyl (C=O) groups is 1. The van der Waals surface area contributed by atoms with Gasteiger partial charge in [-0.3, -0.25) is 4.79 Å². The monoisotopic (exact) mass is 321 g/mol. The molecule has 1 aliphatic rings. The van der Waals surface area contributed by atoms with Gasteiger partial charge in [-0.05, 0) is 42.5 Å². The molecule has 1 aromatic carbocycles. The number of nitrogens with zero attached hydrogens (tertiary/aromatic N) is 1. The van der Waals surface area contributed by atoms with Crippen LogP contribution in [0.15, 0.2) is 47.0 Å². The van der Waals surface area contributed by atoms with Crippen molar-refractivity contribution in [3.05, 3.63) is 52.0 Å². The van der Waals surface area contributed by atoms with Crippen molar-refractivity contribution in [3.8, 4) is 0 Å². The number of allylic oxidation sites excluding steroid dienone is 2. The summed E-state index contributed by atoms with van der Waals surface area (Å²) in [5.74, 6) is -0.122. The number of fused-ring (bicyclic) bond motifs is 1. The minimum atomic E-state index is -1.27. The van der Waals surface area contributed by atoms with Gasteiger partial charge in [-0.2, -0.15) is 0 Å². The zero-order valence-electron chi connectivity index (χ0n) is 9.13. The van der Waals surface area contributed by atoms with Gasteiger partial charge in [0.2, 0.25) is 0 Å². The summed E-state index contributed by atoms with van der Waals surface area (Å²) >= 11 is 4.82. The van der Waals surface area contributed by atoms with Gasteiger partial charge in [0, 0.05) is 4.47 Å². The lowest BCUT2D eigenvalue weighted by Gasteiger charge is -2.19. The molecule has 0 saturated heterocycles. The van der Waals surface area contributed by atoms with E-state index in [4.69, 9.17) is 0 Å². The van der Waals surface area contributed by atoms with Crippen LogP contribution in [0.1, 0.15) is 5.01 Å². The number of thiazole rings is 1. The molecule has 18 heavy (non-hydrogen) atoms. The quantitative estimate of drug-likeness (QED) is 0.878. The van der Waals surface area contributed by atoms with Crippen LogP contribution in [0.3, 0.4) is 0 Å². The van der Waals surface area contributed by atoms with Gasteiger partial charge in [0.05, 0.1) is 10.2 Å². The molecule has 1 aromatic heterocycles. The van der Waals surface area contributed by atoms with Crippen LogP contribution in [0.25, 0.3) is 10.2 Å². The first-order chi connectivity index (χ1) is 8.57. The highest BCUT2D eigenvalue weighted by atomic mass is 79.9. The smallest absolute Gasteiger partial charge is 0.178 e. The molecule has 0 amide bonds. The van der Waals surface area contributed by atoms with Crippen molar-refractivity contribution < 1.29 is 9.90 Å². The molecule has 0 fully saturated rings. The largest absolute Gasteiger partial charge is 0.375 e. The van der Waals surface area contributed by atoms with Crippen molar-refractivity contribution in [2.75, 3.05) is 0 Å². The summed E-state index contributed by atoms with van der Waals surface area (Å²) in [5.41, 5.74) is -0.435. The van der Waals surface area contributed by atoms with Gasteiger partial charge in [0.25, 0.3) is 0 Å². The van der Waals surface area contributed by atoms with E-state index in [2.05, 4.69) is 20.9 Å². The van der Waals surface area contributed by atoms with Crippen LogP contribution < -0.4 is 0 Å². The predicted octanol–water partition coefficient (Wildman–Crippen LogP) is 2.94. The van der Waals surface area contributed by atoms with Crippen molar-refractivity contribution in [2.45, 2.75) is 5.60 Å². The number of ketones is 1. The Morgan fingerprint density at radius 2 is 2.00 bits per heavy atom. The first-order valence-corrected chi connectivity index (χ1v) is 6.89. The molecule has 0 atom stereocenters. The molecule has 0 bridgehead atoms. The summed E-state index contributed by atoms with van der Waals surface area (Å²) in [6.07, 6.45) is 5.67. The highest BCUT2D eigenvalue weighted by Crippen LogP contribution is 2.34. The van der Waals surface area contributed by atoms with Gasteiger partial charge < -0.3 is 5.11 Å². The van der Waals surface area contributed by atoms with E-state index >= 15 is 0 Å². The van der Waals surface area contributed by atoms with Crippen LogP contribution in [-0.4, -0.2) is 15.9 Å². The summed E-state index contributed by atoms with van der Waals surface area (Å²) in [6.45, 7) is 0. The molecule has 2 aromatic rings. The molecule has 1 heterocycles. The number of rotatable bonds is 1. The molecule has 0 unspecified atom stereocenters. The number of hydrogen-bond donors (Lipinski definition) is 1. The maximum absolute atomic E-state index is 11.1. The predicted molar refractivity (Wildman–Crippen MR) is 74.5 cm³/mol. The van der Waals surface area contributed by atoms with E-state index < -0.39 is 5.60 Å². The lowest BCUT2D eigenvalue weighted by atomic mass is 9.98. The Morgan fingerprint density at radius 3 is 2.72 bits per heavy atom. The molecule has 1 aliphatic carbocycles. The van der Waals surface area contributed by atoms with E-state index in [1.807, 2.05) is 18.2 Å². The van der Waals surface area contributed by atoms with Gasteiger partial charge in [-0.1, -0.05) is 15.9 Å². The zero-order valence-corrected chi connectivity index (χ0v) is 11.5. The van der Waals surface area contributed by atoms with Crippen molar-refractivity contribution in [1.29, 1.82) is 0 Å². The standard InChI is InChI=1S/C13H8BrNO2S/c14-8-1-2-10-11(7-8)18-12(15-10)13(17)5-3-9(16)4-6-13/h1-7,17H. The molecule has 0 spiro atoms. The first kappa shape index (κ1) is 11.8. The molecule has 0 saturated carbocycles. The highest BCUT2D eigenvalue weighted by Gasteiger charge is 2.29. The zero-order chi connectivity index (χ0) is 12.8. The van der Waals surface area contributed by atoms with Crippen LogP contribution in [0.5, 0.6) is 0 Å². The molecule has 3 rings (SSSR count). The summed E-state index contributed by atoms with van der Waals surface area (Å²) in [5, 5.41) is 11.0. The van der Waals surface area contributed by atoms with Crippen molar-refractivity contribution in [3.63, 3.8) is 0 Å². The van der Waals surface area contributed by atoms with Crippen molar-refractivity contribution in [2.24, 2.45) is 0 Å². The van der Waals surface area contributed by atoms with Crippen LogP contribution in [0.4, 0.5) is 0 Å². The van der Waals surface area contributed by atoms with E-state index in [-0.39, 0.29) is 5.78 Å². The fourth-order valence-corrected chi connectivity index (χ4v) is 3.31. The number of carbonyl (C=O) groups excluding carboxylic acids is 1. The van der Waals surface area contributed by atoms with Gasteiger partial charge in [-0.15, -0.1) is 11.3 Å². The van der Waals surface area contributed by atoms with E-state index in [9.17, 15) is 9.90 Å². The van der Waals surface area contributed by atoms with Gasteiger partial charge in [-0.25, -0.2) is 4.98 Å². The van der Waals surface area contributed by atoms with E-state index in [0.29, 0.717) is 5.01 Å². The third-order valence-electron chi connectivity index (χ3n) is 2.70. The molecule has 0 aliphatic heterocycles. The Balaban J connectivity index is 2.12. The van der Waals surface area contributed by atoms with Crippen molar-refractivity contribution >= 4 is 43.3 Å². The van der Waals surface area contributed by atoms with Gasteiger partial charge in [0.1, 0.15) is 5.01 Å². The average molecular weight is 322 g/mol. The van der Waals surface area contributed by atoms with Crippen molar-refractivity contribution in [1.82, 2.24) is 4.98 Å². The minimum Gasteiger partial charge on any atom is -0.375 e. The number of benzene rings is 1. The number of hydrogen-bond acceptors (Lipinski definition) is 4.